The van der Waals surface area contributed by atoms with Crippen LogP contribution in [-0.4, -0.2) is 25.8 Å². The number of rotatable bonds is 5. The Bertz CT molecular complexity index is 397. The van der Waals surface area contributed by atoms with E-state index in [-0.39, 0.29) is 5.54 Å². The van der Waals surface area contributed by atoms with E-state index in [1.54, 1.807) is 7.11 Å². The molecule has 1 unspecified atom stereocenters. The summed E-state index contributed by atoms with van der Waals surface area (Å²) in [5.41, 5.74) is 1.53. The molecule has 0 aromatic heterocycles. The van der Waals surface area contributed by atoms with Crippen LogP contribution in [0, 0.1) is 0 Å². The lowest BCUT2D eigenvalue weighted by Crippen LogP contribution is -2.38. The van der Waals surface area contributed by atoms with Crippen LogP contribution in [0.1, 0.15) is 32.3 Å². The molecule has 1 saturated heterocycles. The van der Waals surface area contributed by atoms with Crippen LogP contribution in [0.2, 0.25) is 0 Å². The van der Waals surface area contributed by atoms with Gasteiger partial charge in [-0.15, -0.1) is 0 Å². The molecule has 18 heavy (non-hydrogen) atoms. The third-order valence-corrected chi connectivity index (χ3v) is 3.58. The van der Waals surface area contributed by atoms with E-state index in [0.717, 1.165) is 24.5 Å². The Balaban J connectivity index is 2.14. The van der Waals surface area contributed by atoms with E-state index in [9.17, 15) is 0 Å². The first-order valence-electron chi connectivity index (χ1n) is 6.71. The van der Waals surface area contributed by atoms with Gasteiger partial charge in [0, 0.05) is 5.54 Å². The first-order chi connectivity index (χ1) is 8.67. The molecule has 3 nitrogen and oxygen atoms in total. The summed E-state index contributed by atoms with van der Waals surface area (Å²) < 4.78 is 10.9. The van der Waals surface area contributed by atoms with Crippen molar-refractivity contribution in [2.75, 3.05) is 20.3 Å². The van der Waals surface area contributed by atoms with Crippen molar-refractivity contribution in [3.05, 3.63) is 23.8 Å². The maximum absolute atomic E-state index is 5.54. The fourth-order valence-corrected chi connectivity index (χ4v) is 2.66. The number of hydrogen-bond acceptors (Lipinski definition) is 3. The summed E-state index contributed by atoms with van der Waals surface area (Å²) in [6.45, 7) is 6.07. The molecule has 0 radical (unpaired) electrons. The highest BCUT2D eigenvalue weighted by Gasteiger charge is 2.28. The van der Waals surface area contributed by atoms with Crippen molar-refractivity contribution in [2.24, 2.45) is 0 Å². The molecule has 1 N–H and O–H groups in total. The lowest BCUT2D eigenvalue weighted by molar-refractivity contribution is 0.310. The molecule has 1 fully saturated rings. The van der Waals surface area contributed by atoms with Gasteiger partial charge >= 0.3 is 0 Å². The summed E-state index contributed by atoms with van der Waals surface area (Å²) in [6.07, 6.45) is 3.54. The number of ether oxygens (including phenoxy) is 2. The molecule has 2 rings (SSSR count). The Hall–Kier alpha value is -1.22. The zero-order valence-electron chi connectivity index (χ0n) is 11.6. The Morgan fingerprint density at radius 2 is 2.17 bits per heavy atom. The third-order valence-electron chi connectivity index (χ3n) is 3.58. The van der Waals surface area contributed by atoms with Gasteiger partial charge in [-0.3, -0.25) is 0 Å². The van der Waals surface area contributed by atoms with Crippen molar-refractivity contribution >= 4 is 0 Å². The summed E-state index contributed by atoms with van der Waals surface area (Å²) in [5, 5.41) is 3.59. The van der Waals surface area contributed by atoms with Crippen LogP contribution in [-0.2, 0) is 6.42 Å². The smallest absolute Gasteiger partial charge is 0.161 e. The SMILES string of the molecule is CCOc1ccc(CC2(C)CCCN2)cc1OC. The molecule has 1 atom stereocenters. The number of benzene rings is 1. The molecule has 1 aromatic rings. The standard InChI is InChI=1S/C15H23NO2/c1-4-18-13-7-6-12(10-14(13)17-3)11-15(2)8-5-9-16-15/h6-7,10,16H,4-5,8-9,11H2,1-3H3. The first-order valence-corrected chi connectivity index (χ1v) is 6.71. The monoisotopic (exact) mass is 249 g/mol. The van der Waals surface area contributed by atoms with Crippen LogP contribution >= 0.6 is 0 Å². The van der Waals surface area contributed by atoms with Gasteiger partial charge in [0.05, 0.1) is 13.7 Å². The Kier molecular flexibility index (Phi) is 4.12. The highest BCUT2D eigenvalue weighted by molar-refractivity contribution is 5.43. The van der Waals surface area contributed by atoms with E-state index in [4.69, 9.17) is 9.47 Å². The molecule has 1 aromatic carbocycles. The van der Waals surface area contributed by atoms with Gasteiger partial charge < -0.3 is 14.8 Å². The van der Waals surface area contributed by atoms with E-state index in [1.165, 1.54) is 18.4 Å². The molecule has 0 amide bonds. The van der Waals surface area contributed by atoms with Gasteiger partial charge in [0.1, 0.15) is 0 Å². The lowest BCUT2D eigenvalue weighted by atomic mass is 9.91. The van der Waals surface area contributed by atoms with Crippen molar-refractivity contribution < 1.29 is 9.47 Å². The maximum Gasteiger partial charge on any atom is 0.161 e. The largest absolute Gasteiger partial charge is 0.493 e. The van der Waals surface area contributed by atoms with E-state index in [2.05, 4.69) is 24.4 Å². The fourth-order valence-electron chi connectivity index (χ4n) is 2.66. The zero-order chi connectivity index (χ0) is 13.0. The molecular formula is C15H23NO2. The topological polar surface area (TPSA) is 30.5 Å². The van der Waals surface area contributed by atoms with Gasteiger partial charge in [-0.1, -0.05) is 6.07 Å². The van der Waals surface area contributed by atoms with Crippen LogP contribution in [0.4, 0.5) is 0 Å². The molecule has 0 bridgehead atoms. The van der Waals surface area contributed by atoms with Crippen LogP contribution < -0.4 is 14.8 Å². The Morgan fingerprint density at radius 3 is 2.78 bits per heavy atom. The van der Waals surface area contributed by atoms with Crippen LogP contribution in [0.3, 0.4) is 0 Å². The normalized spacial score (nSPS) is 23.1. The second-order valence-corrected chi connectivity index (χ2v) is 5.19. The number of hydrogen-bond donors (Lipinski definition) is 1. The molecule has 0 saturated carbocycles. The Morgan fingerprint density at radius 1 is 1.33 bits per heavy atom. The minimum Gasteiger partial charge on any atom is -0.493 e. The fraction of sp³-hybridized carbons (Fsp3) is 0.600. The summed E-state index contributed by atoms with van der Waals surface area (Å²) in [5.74, 6) is 1.66. The van der Waals surface area contributed by atoms with Crippen molar-refractivity contribution in [3.8, 4) is 11.5 Å². The van der Waals surface area contributed by atoms with Crippen molar-refractivity contribution in [1.82, 2.24) is 5.32 Å². The van der Waals surface area contributed by atoms with E-state index in [1.807, 2.05) is 13.0 Å². The highest BCUT2D eigenvalue weighted by Crippen LogP contribution is 2.31. The average Bonchev–Trinajstić information content (AvgIpc) is 2.78. The summed E-state index contributed by atoms with van der Waals surface area (Å²) in [6, 6.07) is 6.24. The van der Waals surface area contributed by atoms with Gasteiger partial charge in [-0.05, 0) is 57.4 Å². The molecule has 100 valence electrons. The van der Waals surface area contributed by atoms with Crippen molar-refractivity contribution in [1.29, 1.82) is 0 Å². The predicted octanol–water partition coefficient (Wildman–Crippen LogP) is 2.78. The molecule has 1 aliphatic rings. The molecule has 3 heteroatoms. The van der Waals surface area contributed by atoms with E-state index in [0.29, 0.717) is 6.61 Å². The molecule has 1 heterocycles. The average molecular weight is 249 g/mol. The summed E-state index contributed by atoms with van der Waals surface area (Å²) in [4.78, 5) is 0. The third kappa shape index (κ3) is 2.96. The maximum atomic E-state index is 5.54. The molecule has 1 aliphatic heterocycles. The van der Waals surface area contributed by atoms with Crippen molar-refractivity contribution in [2.45, 2.75) is 38.6 Å². The Labute approximate surface area is 109 Å². The van der Waals surface area contributed by atoms with E-state index < -0.39 is 0 Å². The van der Waals surface area contributed by atoms with Gasteiger partial charge in [0.2, 0.25) is 0 Å². The minimum absolute atomic E-state index is 0.234. The minimum atomic E-state index is 0.234. The second-order valence-electron chi connectivity index (χ2n) is 5.19. The van der Waals surface area contributed by atoms with Crippen LogP contribution in [0.25, 0.3) is 0 Å². The lowest BCUT2D eigenvalue weighted by Gasteiger charge is -2.24. The van der Waals surface area contributed by atoms with Gasteiger partial charge in [-0.25, -0.2) is 0 Å². The van der Waals surface area contributed by atoms with Crippen molar-refractivity contribution in [3.63, 3.8) is 0 Å². The summed E-state index contributed by atoms with van der Waals surface area (Å²) >= 11 is 0. The van der Waals surface area contributed by atoms with Gasteiger partial charge in [-0.2, -0.15) is 0 Å². The molecule has 0 aliphatic carbocycles. The predicted molar refractivity (Wildman–Crippen MR) is 73.5 cm³/mol. The summed E-state index contributed by atoms with van der Waals surface area (Å²) in [7, 11) is 1.69. The zero-order valence-corrected chi connectivity index (χ0v) is 11.6. The number of nitrogens with one attached hydrogen (secondary N) is 1. The number of methoxy groups -OCH3 is 1. The van der Waals surface area contributed by atoms with Gasteiger partial charge in [0.25, 0.3) is 0 Å². The van der Waals surface area contributed by atoms with Crippen LogP contribution in [0.15, 0.2) is 18.2 Å². The second kappa shape index (κ2) is 5.61. The van der Waals surface area contributed by atoms with E-state index >= 15 is 0 Å². The quantitative estimate of drug-likeness (QED) is 0.870. The highest BCUT2D eigenvalue weighted by atomic mass is 16.5. The van der Waals surface area contributed by atoms with Gasteiger partial charge in [0.15, 0.2) is 11.5 Å². The first kappa shape index (κ1) is 13.2. The molecule has 0 spiro atoms. The molecular weight excluding hydrogens is 226 g/mol. The van der Waals surface area contributed by atoms with Crippen LogP contribution in [0.5, 0.6) is 11.5 Å².